The van der Waals surface area contributed by atoms with Gasteiger partial charge in [-0.1, -0.05) is 19.6 Å². The molecular weight excluding hydrogens is 142 g/mol. The summed E-state index contributed by atoms with van der Waals surface area (Å²) in [5, 5.41) is 2.62. The van der Waals surface area contributed by atoms with Crippen LogP contribution in [0.15, 0.2) is 0 Å². The normalized spacial score (nSPS) is 11.2. The van der Waals surface area contributed by atoms with Crippen molar-refractivity contribution < 1.29 is 4.79 Å². The maximum Gasteiger partial charge on any atom is 0.219 e. The first kappa shape index (κ1) is 9.69. The maximum absolute atomic E-state index is 10.8. The van der Waals surface area contributed by atoms with Crippen molar-refractivity contribution in [1.82, 2.24) is 5.32 Å². The molecule has 2 nitrogen and oxygen atoms in total. The Morgan fingerprint density at radius 3 is 2.20 bits per heavy atom. The van der Waals surface area contributed by atoms with Gasteiger partial charge in [-0.15, -0.1) is 0 Å². The van der Waals surface area contributed by atoms with Crippen LogP contribution in [-0.4, -0.2) is 21.0 Å². The molecule has 0 saturated carbocycles. The molecule has 0 aliphatic rings. The van der Waals surface area contributed by atoms with Crippen molar-refractivity contribution in [2.45, 2.75) is 32.1 Å². The third-order valence-corrected chi connectivity index (χ3v) is 3.13. The zero-order valence-electron chi connectivity index (χ0n) is 7.32. The van der Waals surface area contributed by atoms with Crippen LogP contribution in [0.25, 0.3) is 0 Å². The Balaban J connectivity index is 3.46. The third-order valence-electron chi connectivity index (χ3n) is 1.38. The zero-order valence-corrected chi connectivity index (χ0v) is 8.32. The van der Waals surface area contributed by atoms with Crippen LogP contribution in [0.5, 0.6) is 0 Å². The fourth-order valence-corrected chi connectivity index (χ4v) is 1.59. The molecule has 0 heterocycles. The minimum atomic E-state index is -0.997. The Morgan fingerprint density at radius 1 is 1.40 bits per heavy atom. The summed E-state index contributed by atoms with van der Waals surface area (Å²) in [6, 6.07) is 1.09. The van der Waals surface area contributed by atoms with Crippen LogP contribution in [0.3, 0.4) is 0 Å². The molecule has 0 spiro atoms. The lowest BCUT2D eigenvalue weighted by Gasteiger charge is -2.13. The number of carbonyl (C=O) groups excluding carboxylic acids is 1. The Labute approximate surface area is 64.0 Å². The van der Waals surface area contributed by atoms with Crippen LogP contribution in [-0.2, 0) is 4.79 Å². The van der Waals surface area contributed by atoms with Crippen LogP contribution < -0.4 is 5.32 Å². The van der Waals surface area contributed by atoms with Gasteiger partial charge in [0.2, 0.25) is 5.91 Å². The average Bonchev–Trinajstić information content (AvgIpc) is 1.81. The van der Waals surface area contributed by atoms with Gasteiger partial charge in [-0.2, -0.15) is 0 Å². The fraction of sp³-hybridized carbons (Fsp3) is 0.857. The van der Waals surface area contributed by atoms with Crippen LogP contribution in [0, 0.1) is 0 Å². The second kappa shape index (κ2) is 3.76. The molecule has 0 aliphatic heterocycles. The second-order valence-electron chi connectivity index (χ2n) is 3.73. The summed E-state index contributed by atoms with van der Waals surface area (Å²) in [4.78, 5) is 10.8. The first-order valence-corrected chi connectivity index (χ1v) is 7.37. The molecule has 0 unspecified atom stereocenters. The maximum atomic E-state index is 10.8. The summed E-state index contributed by atoms with van der Waals surface area (Å²) >= 11 is 0. The molecule has 0 rings (SSSR count). The van der Waals surface area contributed by atoms with E-state index in [1.165, 1.54) is 0 Å². The smallest absolute Gasteiger partial charge is 0.219 e. The number of hydrogen-bond acceptors (Lipinski definition) is 1. The molecule has 0 aromatic heterocycles. The van der Waals surface area contributed by atoms with Crippen molar-refractivity contribution in [2.75, 3.05) is 7.05 Å². The Hall–Kier alpha value is -0.313. The van der Waals surface area contributed by atoms with E-state index in [1.54, 1.807) is 7.05 Å². The van der Waals surface area contributed by atoms with Gasteiger partial charge >= 0.3 is 0 Å². The summed E-state index contributed by atoms with van der Waals surface area (Å²) in [5.74, 6) is 0.169. The Kier molecular flexibility index (Phi) is 3.64. The molecule has 60 valence electrons. The number of amides is 1. The summed E-state index contributed by atoms with van der Waals surface area (Å²) in [5.41, 5.74) is 0. The minimum Gasteiger partial charge on any atom is -0.359 e. The lowest BCUT2D eigenvalue weighted by Crippen LogP contribution is -2.24. The summed E-state index contributed by atoms with van der Waals surface area (Å²) < 4.78 is 0. The predicted octanol–water partition coefficient (Wildman–Crippen LogP) is 1.46. The molecule has 0 aromatic rings. The molecule has 0 aliphatic carbocycles. The SMILES string of the molecule is CNC(=O)CC[Si](C)(C)C. The summed E-state index contributed by atoms with van der Waals surface area (Å²) in [6.07, 6.45) is 0.701. The van der Waals surface area contributed by atoms with Gasteiger partial charge in [-0.25, -0.2) is 0 Å². The number of nitrogens with one attached hydrogen (secondary N) is 1. The quantitative estimate of drug-likeness (QED) is 0.621. The summed E-state index contributed by atoms with van der Waals surface area (Å²) in [6.45, 7) is 6.82. The lowest BCUT2D eigenvalue weighted by atomic mass is 10.5. The molecule has 0 bridgehead atoms. The molecule has 1 N–H and O–H groups in total. The zero-order chi connectivity index (χ0) is 8.20. The minimum absolute atomic E-state index is 0.169. The van der Waals surface area contributed by atoms with Crippen molar-refractivity contribution in [3.8, 4) is 0 Å². The van der Waals surface area contributed by atoms with Gasteiger partial charge in [0.25, 0.3) is 0 Å². The number of carbonyl (C=O) groups is 1. The molecular formula is C7H17NOSi. The van der Waals surface area contributed by atoms with Crippen LogP contribution in [0.4, 0.5) is 0 Å². The molecule has 0 radical (unpaired) electrons. The first-order chi connectivity index (χ1) is 4.45. The van der Waals surface area contributed by atoms with Gasteiger partial charge in [-0.05, 0) is 6.04 Å². The second-order valence-corrected chi connectivity index (χ2v) is 9.36. The van der Waals surface area contributed by atoms with E-state index >= 15 is 0 Å². The molecule has 0 atom stereocenters. The van der Waals surface area contributed by atoms with Gasteiger partial charge in [-0.3, -0.25) is 4.79 Å². The monoisotopic (exact) mass is 159 g/mol. The van der Waals surface area contributed by atoms with E-state index in [1.807, 2.05) is 0 Å². The Bertz CT molecular complexity index is 117. The van der Waals surface area contributed by atoms with E-state index in [0.717, 1.165) is 6.04 Å². The van der Waals surface area contributed by atoms with Gasteiger partial charge in [0.1, 0.15) is 0 Å². The standard InChI is InChI=1S/C7H17NOSi/c1-8-7(9)5-6-10(2,3)4/h5-6H2,1-4H3,(H,8,9). The highest BCUT2D eigenvalue weighted by molar-refractivity contribution is 6.76. The van der Waals surface area contributed by atoms with Gasteiger partial charge in [0.15, 0.2) is 0 Å². The third kappa shape index (κ3) is 5.82. The first-order valence-electron chi connectivity index (χ1n) is 3.66. The molecule has 10 heavy (non-hydrogen) atoms. The van der Waals surface area contributed by atoms with E-state index in [2.05, 4.69) is 25.0 Å². The predicted molar refractivity (Wildman–Crippen MR) is 46.8 cm³/mol. The average molecular weight is 159 g/mol. The Morgan fingerprint density at radius 2 is 1.90 bits per heavy atom. The van der Waals surface area contributed by atoms with Crippen molar-refractivity contribution >= 4 is 14.0 Å². The van der Waals surface area contributed by atoms with Gasteiger partial charge < -0.3 is 5.32 Å². The van der Waals surface area contributed by atoms with Crippen LogP contribution in [0.2, 0.25) is 25.7 Å². The lowest BCUT2D eigenvalue weighted by molar-refractivity contribution is -0.120. The molecule has 0 fully saturated rings. The van der Waals surface area contributed by atoms with E-state index in [4.69, 9.17) is 0 Å². The fourth-order valence-electron chi connectivity index (χ4n) is 0.614. The van der Waals surface area contributed by atoms with Crippen LogP contribution in [0.1, 0.15) is 6.42 Å². The number of rotatable bonds is 3. The molecule has 0 aromatic carbocycles. The van der Waals surface area contributed by atoms with E-state index < -0.39 is 8.07 Å². The van der Waals surface area contributed by atoms with E-state index in [9.17, 15) is 4.79 Å². The number of hydrogen-bond donors (Lipinski definition) is 1. The summed E-state index contributed by atoms with van der Waals surface area (Å²) in [7, 11) is 0.690. The van der Waals surface area contributed by atoms with E-state index in [0.29, 0.717) is 6.42 Å². The van der Waals surface area contributed by atoms with Crippen molar-refractivity contribution in [3.05, 3.63) is 0 Å². The molecule has 1 amide bonds. The van der Waals surface area contributed by atoms with Crippen LogP contribution >= 0.6 is 0 Å². The van der Waals surface area contributed by atoms with E-state index in [-0.39, 0.29) is 5.91 Å². The highest BCUT2D eigenvalue weighted by atomic mass is 28.3. The van der Waals surface area contributed by atoms with Gasteiger partial charge in [0, 0.05) is 21.5 Å². The van der Waals surface area contributed by atoms with Crippen molar-refractivity contribution in [2.24, 2.45) is 0 Å². The van der Waals surface area contributed by atoms with Crippen molar-refractivity contribution in [3.63, 3.8) is 0 Å². The highest BCUT2D eigenvalue weighted by Crippen LogP contribution is 2.10. The van der Waals surface area contributed by atoms with Gasteiger partial charge in [0.05, 0.1) is 0 Å². The topological polar surface area (TPSA) is 29.1 Å². The largest absolute Gasteiger partial charge is 0.359 e. The molecule has 0 saturated heterocycles. The highest BCUT2D eigenvalue weighted by Gasteiger charge is 2.13. The molecule has 3 heteroatoms. The van der Waals surface area contributed by atoms with Crippen molar-refractivity contribution in [1.29, 1.82) is 0 Å².